The first-order valence-corrected chi connectivity index (χ1v) is 10.2. The second-order valence-electron chi connectivity index (χ2n) is 5.48. The molecule has 0 aliphatic heterocycles. The van der Waals surface area contributed by atoms with Crippen molar-refractivity contribution in [3.05, 3.63) is 53.3 Å². The molecular weight excluding hydrogens is 405 g/mol. The van der Waals surface area contributed by atoms with Gasteiger partial charge in [-0.25, -0.2) is 4.74 Å². The smallest absolute Gasteiger partial charge is 0.198 e. The highest BCUT2D eigenvalue weighted by Crippen LogP contribution is 2.52. The van der Waals surface area contributed by atoms with Crippen molar-refractivity contribution in [3.8, 4) is 0 Å². The van der Waals surface area contributed by atoms with Gasteiger partial charge in [-0.1, -0.05) is 12.1 Å². The molecule has 0 fully saturated rings. The van der Waals surface area contributed by atoms with E-state index in [1.807, 2.05) is 64.6 Å². The molecule has 1 aromatic heterocycles. The van der Waals surface area contributed by atoms with Crippen LogP contribution in [0.4, 0.5) is 5.69 Å². The van der Waals surface area contributed by atoms with Crippen molar-refractivity contribution in [2.75, 3.05) is 33.5 Å². The van der Waals surface area contributed by atoms with E-state index in [4.69, 9.17) is 17.0 Å². The maximum Gasteiger partial charge on any atom is 0.198 e. The molecule has 0 aliphatic rings. The van der Waals surface area contributed by atoms with Crippen LogP contribution in [0.3, 0.4) is 0 Å². The zero-order chi connectivity index (χ0) is 17.7. The van der Waals surface area contributed by atoms with Gasteiger partial charge < -0.3 is 5.32 Å². The monoisotopic (exact) mass is 425 g/mol. The minimum atomic E-state index is -2.17. The summed E-state index contributed by atoms with van der Waals surface area (Å²) in [6.07, 6.45) is 3.58. The number of benzene rings is 1. The first-order chi connectivity index (χ1) is 11.4. The molecule has 5 nitrogen and oxygen atoms in total. The first kappa shape index (κ1) is 19.2. The average Bonchev–Trinajstić information content (AvgIpc) is 2.55. The van der Waals surface area contributed by atoms with Gasteiger partial charge in [0.15, 0.2) is 5.11 Å². The zero-order valence-electron chi connectivity index (χ0n) is 14.1. The molecule has 1 N–H and O–H groups in total. The molecule has 128 valence electrons. The lowest BCUT2D eigenvalue weighted by atomic mass is 10.3. The largest absolute Gasteiger partial charge is 0.330 e. The molecule has 24 heavy (non-hydrogen) atoms. The molecule has 2 rings (SSSR count). The summed E-state index contributed by atoms with van der Waals surface area (Å²) >= 11 is 9.07. The number of anilines is 1. The lowest BCUT2D eigenvalue weighted by molar-refractivity contribution is 0.572. The van der Waals surface area contributed by atoms with Crippen molar-refractivity contribution in [2.24, 2.45) is 4.74 Å². The number of hydrogen-bond acceptors (Lipinski definition) is 2. The third-order valence-electron chi connectivity index (χ3n) is 3.47. The van der Waals surface area contributed by atoms with E-state index in [1.165, 1.54) is 0 Å². The highest BCUT2D eigenvalue weighted by molar-refractivity contribution is 9.10. The molecular formula is C16H21BrN5PS. The van der Waals surface area contributed by atoms with E-state index in [0.717, 1.165) is 15.5 Å². The van der Waals surface area contributed by atoms with Crippen LogP contribution in [-0.2, 0) is 0 Å². The van der Waals surface area contributed by atoms with E-state index in [0.29, 0.717) is 5.11 Å². The maximum atomic E-state index is 5.54. The molecule has 0 saturated heterocycles. The highest BCUT2D eigenvalue weighted by Gasteiger charge is 2.28. The molecule has 0 unspecified atom stereocenters. The van der Waals surface area contributed by atoms with Gasteiger partial charge in [-0.05, 0) is 80.6 Å². The van der Waals surface area contributed by atoms with Gasteiger partial charge in [0.05, 0.1) is 5.69 Å². The highest BCUT2D eigenvalue weighted by atomic mass is 79.9. The Kier molecular flexibility index (Phi) is 6.66. The third kappa shape index (κ3) is 4.10. The maximum absolute atomic E-state index is 5.54. The summed E-state index contributed by atoms with van der Waals surface area (Å²) in [6.45, 7) is 0. The second-order valence-corrected chi connectivity index (χ2v) is 10.2. The van der Waals surface area contributed by atoms with Gasteiger partial charge in [-0.3, -0.25) is 14.3 Å². The number of rotatable bonds is 4. The SMILES string of the molecule is CN(C)P(=NC(=S)Nc1ccccc1Br)(c1ccncc1)N(C)C. The molecule has 0 bridgehead atoms. The van der Waals surface area contributed by atoms with E-state index in [-0.39, 0.29) is 0 Å². The van der Waals surface area contributed by atoms with Crippen molar-refractivity contribution < 1.29 is 0 Å². The molecule has 2 aromatic rings. The number of nitrogens with zero attached hydrogens (tertiary/aromatic N) is 4. The predicted molar refractivity (Wildman–Crippen MR) is 111 cm³/mol. The van der Waals surface area contributed by atoms with Gasteiger partial charge >= 0.3 is 0 Å². The first-order valence-electron chi connectivity index (χ1n) is 7.32. The van der Waals surface area contributed by atoms with Crippen LogP contribution < -0.4 is 10.6 Å². The Morgan fingerprint density at radius 3 is 2.21 bits per heavy atom. The molecule has 0 spiro atoms. The summed E-state index contributed by atoms with van der Waals surface area (Å²) in [6, 6.07) is 11.8. The summed E-state index contributed by atoms with van der Waals surface area (Å²) in [4.78, 5) is 4.12. The lowest BCUT2D eigenvalue weighted by Crippen LogP contribution is -2.30. The van der Waals surface area contributed by atoms with Gasteiger partial charge in [-0.2, -0.15) is 0 Å². The van der Waals surface area contributed by atoms with Crippen LogP contribution in [-0.4, -0.2) is 47.6 Å². The second kappa shape index (κ2) is 8.32. The molecule has 0 saturated carbocycles. The van der Waals surface area contributed by atoms with Gasteiger partial charge in [0.2, 0.25) is 0 Å². The van der Waals surface area contributed by atoms with Crippen LogP contribution in [0.1, 0.15) is 0 Å². The Labute approximate surface area is 157 Å². The van der Waals surface area contributed by atoms with Crippen LogP contribution >= 0.6 is 35.5 Å². The van der Waals surface area contributed by atoms with E-state index in [9.17, 15) is 0 Å². The lowest BCUT2D eigenvalue weighted by Gasteiger charge is -2.36. The van der Waals surface area contributed by atoms with Gasteiger partial charge in [-0.15, -0.1) is 0 Å². The van der Waals surface area contributed by atoms with Crippen LogP contribution in [0.2, 0.25) is 0 Å². The molecule has 0 aliphatic carbocycles. The summed E-state index contributed by atoms with van der Waals surface area (Å²) in [5.41, 5.74) is 0.900. The van der Waals surface area contributed by atoms with Crippen molar-refractivity contribution >= 4 is 51.6 Å². The Morgan fingerprint density at radius 2 is 1.67 bits per heavy atom. The fourth-order valence-electron chi connectivity index (χ4n) is 2.43. The van der Waals surface area contributed by atoms with Gasteiger partial charge in [0.1, 0.15) is 7.36 Å². The Morgan fingerprint density at radius 1 is 1.08 bits per heavy atom. The minimum Gasteiger partial charge on any atom is -0.330 e. The quantitative estimate of drug-likeness (QED) is 0.591. The predicted octanol–water partition coefficient (Wildman–Crippen LogP) is 4.02. The zero-order valence-corrected chi connectivity index (χ0v) is 17.4. The standard InChI is InChI=1S/C16H21BrN5PS/c1-21(2)23(22(3)4,13-9-11-18-12-10-13)20-16(24)19-15-8-6-5-7-14(15)17/h5-12H,1-4H3,(H,19,24). The van der Waals surface area contributed by atoms with Crippen LogP contribution in [0.25, 0.3) is 0 Å². The fraction of sp³-hybridized carbons (Fsp3) is 0.250. The van der Waals surface area contributed by atoms with E-state index >= 15 is 0 Å². The number of pyridine rings is 1. The number of halogens is 1. The number of thiocarbonyl (C=S) groups is 1. The molecule has 0 radical (unpaired) electrons. The fourth-order valence-corrected chi connectivity index (χ4v) is 6.21. The van der Waals surface area contributed by atoms with E-state index < -0.39 is 7.36 Å². The van der Waals surface area contributed by atoms with Crippen LogP contribution in [0.15, 0.2) is 58.0 Å². The molecule has 0 amide bonds. The molecule has 8 heteroatoms. The summed E-state index contributed by atoms with van der Waals surface area (Å²) in [7, 11) is 5.94. The normalized spacial score (nSPS) is 11.6. The van der Waals surface area contributed by atoms with E-state index in [2.05, 4.69) is 35.6 Å². The number of para-hydroxylation sites is 1. The van der Waals surface area contributed by atoms with Crippen molar-refractivity contribution in [1.82, 2.24) is 14.3 Å². The number of nitrogens with one attached hydrogen (secondary N) is 1. The van der Waals surface area contributed by atoms with Gasteiger partial charge in [0, 0.05) is 22.2 Å². The Bertz CT molecular complexity index is 752. The molecule has 1 aromatic carbocycles. The Hall–Kier alpha value is -1.11. The molecule has 0 atom stereocenters. The summed E-state index contributed by atoms with van der Waals surface area (Å²) < 4.78 is 10.2. The van der Waals surface area contributed by atoms with Crippen LogP contribution in [0, 0.1) is 0 Å². The molecule has 1 heterocycles. The third-order valence-corrected chi connectivity index (χ3v) is 8.19. The summed E-state index contributed by atoms with van der Waals surface area (Å²) in [5.74, 6) is 0. The summed E-state index contributed by atoms with van der Waals surface area (Å²) in [5, 5.41) is 4.78. The van der Waals surface area contributed by atoms with Crippen molar-refractivity contribution in [2.45, 2.75) is 0 Å². The van der Waals surface area contributed by atoms with Crippen LogP contribution in [0.5, 0.6) is 0 Å². The topological polar surface area (TPSA) is 43.8 Å². The van der Waals surface area contributed by atoms with Gasteiger partial charge in [0.25, 0.3) is 0 Å². The van der Waals surface area contributed by atoms with E-state index in [1.54, 1.807) is 12.4 Å². The minimum absolute atomic E-state index is 0.453. The number of hydrogen-bond donors (Lipinski definition) is 1. The van der Waals surface area contributed by atoms with Crippen molar-refractivity contribution in [3.63, 3.8) is 0 Å². The Balaban J connectivity index is 2.49. The number of aromatic nitrogens is 1. The van der Waals surface area contributed by atoms with Crippen molar-refractivity contribution in [1.29, 1.82) is 0 Å². The average molecular weight is 426 g/mol.